The molecule has 0 aliphatic heterocycles. The lowest BCUT2D eigenvalue weighted by atomic mass is 10.1. The van der Waals surface area contributed by atoms with Crippen LogP contribution in [-0.4, -0.2) is 31.3 Å². The van der Waals surface area contributed by atoms with Gasteiger partial charge in [-0.3, -0.25) is 0 Å². The Labute approximate surface area is 111 Å². The van der Waals surface area contributed by atoms with Crippen LogP contribution in [0.5, 0.6) is 0 Å². The van der Waals surface area contributed by atoms with Crippen LogP contribution in [0.4, 0.5) is 5.69 Å². The molecule has 3 heteroatoms. The van der Waals surface area contributed by atoms with Crippen molar-refractivity contribution in [3.8, 4) is 0 Å². The van der Waals surface area contributed by atoms with Gasteiger partial charge in [0.15, 0.2) is 0 Å². The van der Waals surface area contributed by atoms with Crippen molar-refractivity contribution >= 4 is 5.69 Å². The molecular formula is C15H26N2O. The van der Waals surface area contributed by atoms with Crippen LogP contribution in [0, 0.1) is 6.92 Å². The highest BCUT2D eigenvalue weighted by Gasteiger charge is 2.09. The molecule has 0 saturated heterocycles. The van der Waals surface area contributed by atoms with Crippen molar-refractivity contribution in [3.63, 3.8) is 0 Å². The Hall–Kier alpha value is -1.06. The molecule has 0 fully saturated rings. The summed E-state index contributed by atoms with van der Waals surface area (Å²) in [6.07, 6.45) is 0.822. The second-order valence-electron chi connectivity index (χ2n) is 4.57. The number of rotatable bonds is 8. The van der Waals surface area contributed by atoms with Crippen molar-refractivity contribution in [1.82, 2.24) is 5.32 Å². The maximum absolute atomic E-state index is 8.97. The molecule has 0 bridgehead atoms. The molecule has 0 spiro atoms. The minimum Gasteiger partial charge on any atom is -0.396 e. The summed E-state index contributed by atoms with van der Waals surface area (Å²) in [5.41, 5.74) is 3.93. The van der Waals surface area contributed by atoms with E-state index in [1.165, 1.54) is 16.8 Å². The van der Waals surface area contributed by atoms with Crippen molar-refractivity contribution in [3.05, 3.63) is 29.3 Å². The van der Waals surface area contributed by atoms with Crippen molar-refractivity contribution in [1.29, 1.82) is 0 Å². The normalized spacial score (nSPS) is 10.7. The second-order valence-corrected chi connectivity index (χ2v) is 4.57. The van der Waals surface area contributed by atoms with E-state index in [1.54, 1.807) is 0 Å². The zero-order valence-electron chi connectivity index (χ0n) is 11.9. The van der Waals surface area contributed by atoms with Crippen molar-refractivity contribution in [2.45, 2.75) is 33.7 Å². The van der Waals surface area contributed by atoms with Crippen LogP contribution in [-0.2, 0) is 6.54 Å². The van der Waals surface area contributed by atoms with Gasteiger partial charge in [-0.2, -0.15) is 0 Å². The molecule has 0 aromatic heterocycles. The largest absolute Gasteiger partial charge is 0.396 e. The van der Waals surface area contributed by atoms with Gasteiger partial charge in [-0.1, -0.05) is 24.6 Å². The molecule has 3 nitrogen and oxygen atoms in total. The Kier molecular flexibility index (Phi) is 6.76. The van der Waals surface area contributed by atoms with Gasteiger partial charge in [0.2, 0.25) is 0 Å². The fourth-order valence-corrected chi connectivity index (χ4v) is 2.13. The fourth-order valence-electron chi connectivity index (χ4n) is 2.13. The highest BCUT2D eigenvalue weighted by molar-refractivity contribution is 5.55. The van der Waals surface area contributed by atoms with Crippen LogP contribution in [0.1, 0.15) is 31.4 Å². The molecule has 0 aliphatic carbocycles. The molecule has 0 aliphatic rings. The average Bonchev–Trinajstić information content (AvgIpc) is 2.38. The molecule has 1 aromatic carbocycles. The van der Waals surface area contributed by atoms with Crippen molar-refractivity contribution in [2.75, 3.05) is 31.1 Å². The summed E-state index contributed by atoms with van der Waals surface area (Å²) in [5.74, 6) is 0. The topological polar surface area (TPSA) is 35.5 Å². The van der Waals surface area contributed by atoms with E-state index in [9.17, 15) is 0 Å². The number of benzene rings is 1. The summed E-state index contributed by atoms with van der Waals surface area (Å²) >= 11 is 0. The molecule has 0 saturated carbocycles. The second kappa shape index (κ2) is 8.11. The minimum absolute atomic E-state index is 0.255. The quantitative estimate of drug-likeness (QED) is 0.743. The lowest BCUT2D eigenvalue weighted by Crippen LogP contribution is -2.27. The summed E-state index contributed by atoms with van der Waals surface area (Å²) < 4.78 is 0. The lowest BCUT2D eigenvalue weighted by Gasteiger charge is -2.26. The summed E-state index contributed by atoms with van der Waals surface area (Å²) in [4.78, 5) is 2.34. The molecule has 18 heavy (non-hydrogen) atoms. The number of anilines is 1. The molecule has 0 heterocycles. The summed E-state index contributed by atoms with van der Waals surface area (Å²) in [7, 11) is 0. The zero-order valence-corrected chi connectivity index (χ0v) is 11.9. The Bertz CT molecular complexity index is 352. The van der Waals surface area contributed by atoms with Gasteiger partial charge < -0.3 is 15.3 Å². The summed E-state index contributed by atoms with van der Waals surface area (Å²) in [6, 6.07) is 6.61. The van der Waals surface area contributed by atoms with Gasteiger partial charge in [0.05, 0.1) is 0 Å². The highest BCUT2D eigenvalue weighted by atomic mass is 16.3. The first kappa shape index (κ1) is 15.0. The smallest absolute Gasteiger partial charge is 0.0447 e. The Morgan fingerprint density at radius 1 is 1.28 bits per heavy atom. The number of aliphatic hydroxyl groups excluding tert-OH is 1. The van der Waals surface area contributed by atoms with Crippen LogP contribution in [0.15, 0.2) is 18.2 Å². The maximum atomic E-state index is 8.97. The molecule has 0 unspecified atom stereocenters. The molecule has 2 N–H and O–H groups in total. The van der Waals surface area contributed by atoms with E-state index < -0.39 is 0 Å². The van der Waals surface area contributed by atoms with Gasteiger partial charge in [-0.25, -0.2) is 0 Å². The number of nitrogens with zero attached hydrogens (tertiary/aromatic N) is 1. The Balaban J connectivity index is 2.89. The molecule has 1 rings (SSSR count). The third-order valence-corrected chi connectivity index (χ3v) is 3.11. The van der Waals surface area contributed by atoms with Gasteiger partial charge in [0, 0.05) is 31.9 Å². The predicted molar refractivity (Wildman–Crippen MR) is 78.1 cm³/mol. The minimum atomic E-state index is 0.255. The zero-order chi connectivity index (χ0) is 13.4. The van der Waals surface area contributed by atoms with E-state index in [4.69, 9.17) is 5.11 Å². The summed E-state index contributed by atoms with van der Waals surface area (Å²) in [5, 5.41) is 12.4. The first-order valence-electron chi connectivity index (χ1n) is 6.89. The monoisotopic (exact) mass is 250 g/mol. The summed E-state index contributed by atoms with van der Waals surface area (Å²) in [6.45, 7) is 10.4. The standard InChI is InChI=1S/C15H26N2O/c1-4-16-12-14-11-13(3)7-8-15(14)17(5-2)9-6-10-18/h7-8,11,16,18H,4-6,9-10,12H2,1-3H3. The molecule has 0 radical (unpaired) electrons. The van der Waals surface area contributed by atoms with Crippen LogP contribution in [0.2, 0.25) is 0 Å². The van der Waals surface area contributed by atoms with Gasteiger partial charge in [-0.05, 0) is 38.4 Å². The van der Waals surface area contributed by atoms with Crippen LogP contribution < -0.4 is 10.2 Å². The van der Waals surface area contributed by atoms with E-state index >= 15 is 0 Å². The van der Waals surface area contributed by atoms with E-state index in [0.29, 0.717) is 0 Å². The Morgan fingerprint density at radius 3 is 2.67 bits per heavy atom. The van der Waals surface area contributed by atoms with Gasteiger partial charge in [0.1, 0.15) is 0 Å². The third kappa shape index (κ3) is 4.31. The first-order valence-corrected chi connectivity index (χ1v) is 6.89. The SMILES string of the molecule is CCNCc1cc(C)ccc1N(CC)CCCO. The number of hydrogen-bond donors (Lipinski definition) is 2. The van der Waals surface area contributed by atoms with Crippen molar-refractivity contribution in [2.24, 2.45) is 0 Å². The Morgan fingerprint density at radius 2 is 2.06 bits per heavy atom. The number of hydrogen-bond acceptors (Lipinski definition) is 3. The molecule has 0 atom stereocenters. The van der Waals surface area contributed by atoms with Crippen LogP contribution in [0.25, 0.3) is 0 Å². The van der Waals surface area contributed by atoms with Gasteiger partial charge >= 0.3 is 0 Å². The highest BCUT2D eigenvalue weighted by Crippen LogP contribution is 2.22. The van der Waals surface area contributed by atoms with Gasteiger partial charge in [0.25, 0.3) is 0 Å². The van der Waals surface area contributed by atoms with E-state index in [-0.39, 0.29) is 6.61 Å². The van der Waals surface area contributed by atoms with Crippen molar-refractivity contribution < 1.29 is 5.11 Å². The third-order valence-electron chi connectivity index (χ3n) is 3.11. The van der Waals surface area contributed by atoms with E-state index in [1.807, 2.05) is 0 Å². The molecule has 1 aromatic rings. The average molecular weight is 250 g/mol. The lowest BCUT2D eigenvalue weighted by molar-refractivity contribution is 0.289. The van der Waals surface area contributed by atoms with Gasteiger partial charge in [-0.15, -0.1) is 0 Å². The number of nitrogens with one attached hydrogen (secondary N) is 1. The number of aliphatic hydroxyl groups is 1. The van der Waals surface area contributed by atoms with Crippen LogP contribution >= 0.6 is 0 Å². The molecule has 102 valence electrons. The first-order chi connectivity index (χ1) is 8.72. The fraction of sp³-hybridized carbons (Fsp3) is 0.600. The molecule has 0 amide bonds. The predicted octanol–water partition coefficient (Wildman–Crippen LogP) is 2.31. The molecular weight excluding hydrogens is 224 g/mol. The maximum Gasteiger partial charge on any atom is 0.0447 e. The van der Waals surface area contributed by atoms with E-state index in [2.05, 4.69) is 49.2 Å². The van der Waals surface area contributed by atoms with E-state index in [0.717, 1.165) is 32.6 Å². The number of aryl methyl sites for hydroxylation is 1. The van der Waals surface area contributed by atoms with Crippen LogP contribution in [0.3, 0.4) is 0 Å².